The number of piperazine rings is 1. The Labute approximate surface area is 165 Å². The van der Waals surface area contributed by atoms with Crippen molar-refractivity contribution < 1.29 is 13.2 Å². The van der Waals surface area contributed by atoms with Gasteiger partial charge in [0, 0.05) is 26.2 Å². The van der Waals surface area contributed by atoms with Crippen molar-refractivity contribution in [2.75, 3.05) is 37.7 Å². The summed E-state index contributed by atoms with van der Waals surface area (Å²) in [6.07, 6.45) is 0. The van der Waals surface area contributed by atoms with Crippen LogP contribution in [0.4, 0.5) is 5.69 Å². The molecule has 3 aromatic rings. The predicted molar refractivity (Wildman–Crippen MR) is 110 cm³/mol. The summed E-state index contributed by atoms with van der Waals surface area (Å²) in [5.74, 6) is 0.786. The quantitative estimate of drug-likeness (QED) is 0.709. The van der Waals surface area contributed by atoms with Gasteiger partial charge < -0.3 is 15.0 Å². The minimum absolute atomic E-state index is 0.145. The molecule has 1 N–H and O–H groups in total. The minimum Gasteiger partial charge on any atom is -0.492 e. The van der Waals surface area contributed by atoms with Crippen LogP contribution >= 0.6 is 0 Å². The molecule has 0 radical (unpaired) electrons. The number of nitrogens with zero attached hydrogens (tertiary/aromatic N) is 3. The van der Waals surface area contributed by atoms with Crippen LogP contribution < -0.4 is 15.0 Å². The van der Waals surface area contributed by atoms with Crippen molar-refractivity contribution in [1.82, 2.24) is 14.3 Å². The highest BCUT2D eigenvalue weighted by Gasteiger charge is 2.27. The van der Waals surface area contributed by atoms with Gasteiger partial charge in [0.2, 0.25) is 0 Å². The lowest BCUT2D eigenvalue weighted by atomic mass is 10.2. The van der Waals surface area contributed by atoms with E-state index in [-0.39, 0.29) is 4.90 Å². The molecule has 0 saturated carbocycles. The monoisotopic (exact) mass is 400 g/mol. The summed E-state index contributed by atoms with van der Waals surface area (Å²) in [6.45, 7) is 7.48. The summed E-state index contributed by atoms with van der Waals surface area (Å²) in [5.41, 5.74) is 2.26. The number of hydrogen-bond acceptors (Lipinski definition) is 6. The third kappa shape index (κ3) is 3.12. The minimum atomic E-state index is -3.85. The maximum Gasteiger partial charge on any atom is 0.273 e. The lowest BCUT2D eigenvalue weighted by molar-refractivity contribution is 0.331. The second-order valence-corrected chi connectivity index (χ2v) is 8.45. The van der Waals surface area contributed by atoms with Crippen molar-refractivity contribution in [2.24, 2.45) is 0 Å². The molecule has 2 heterocycles. The molecule has 148 valence electrons. The third-order valence-electron chi connectivity index (χ3n) is 4.90. The molecular formula is C20H24N4O3S. The number of fused-ring (bicyclic) bond motifs is 1. The zero-order valence-electron chi connectivity index (χ0n) is 16.1. The molecule has 0 unspecified atom stereocenters. The van der Waals surface area contributed by atoms with E-state index in [0.29, 0.717) is 29.2 Å². The highest BCUT2D eigenvalue weighted by atomic mass is 32.2. The van der Waals surface area contributed by atoms with Crippen molar-refractivity contribution in [1.29, 1.82) is 0 Å². The fourth-order valence-electron chi connectivity index (χ4n) is 3.68. The van der Waals surface area contributed by atoms with Gasteiger partial charge in [-0.15, -0.1) is 0 Å². The average Bonchev–Trinajstić information content (AvgIpc) is 3.05. The van der Waals surface area contributed by atoms with Crippen LogP contribution in [0.5, 0.6) is 5.75 Å². The first kappa shape index (κ1) is 18.8. The Morgan fingerprint density at radius 1 is 1.11 bits per heavy atom. The van der Waals surface area contributed by atoms with Gasteiger partial charge in [0.25, 0.3) is 10.0 Å². The molecule has 28 heavy (non-hydrogen) atoms. The normalized spacial score (nSPS) is 15.1. The van der Waals surface area contributed by atoms with E-state index in [1.165, 1.54) is 3.97 Å². The number of rotatable bonds is 5. The number of imidazole rings is 1. The van der Waals surface area contributed by atoms with Gasteiger partial charge in [-0.2, -0.15) is 0 Å². The highest BCUT2D eigenvalue weighted by Crippen LogP contribution is 2.32. The molecule has 0 amide bonds. The zero-order valence-corrected chi connectivity index (χ0v) is 16.9. The summed E-state index contributed by atoms with van der Waals surface area (Å²) in [7, 11) is -3.85. The Morgan fingerprint density at radius 2 is 1.86 bits per heavy atom. The maximum atomic E-state index is 13.5. The molecule has 0 spiro atoms. The van der Waals surface area contributed by atoms with Crippen LogP contribution in [0, 0.1) is 6.92 Å². The lowest BCUT2D eigenvalue weighted by Gasteiger charge is -2.29. The van der Waals surface area contributed by atoms with Gasteiger partial charge in [0.05, 0.1) is 17.8 Å². The summed E-state index contributed by atoms with van der Waals surface area (Å²) in [4.78, 5) is 7.03. The number of anilines is 1. The van der Waals surface area contributed by atoms with Gasteiger partial charge in [-0.05, 0) is 38.1 Å². The SMILES string of the molecule is CCOc1ccccc1S(=O)(=O)n1c(C)nc2c(N3CCNCC3)cccc21. The van der Waals surface area contributed by atoms with Crippen molar-refractivity contribution in [3.8, 4) is 5.75 Å². The van der Waals surface area contributed by atoms with Crippen molar-refractivity contribution >= 4 is 26.7 Å². The van der Waals surface area contributed by atoms with Crippen LogP contribution in [0.1, 0.15) is 12.7 Å². The Hall–Kier alpha value is -2.58. The summed E-state index contributed by atoms with van der Waals surface area (Å²) in [6, 6.07) is 12.4. The fraction of sp³-hybridized carbons (Fsp3) is 0.350. The molecule has 1 aliphatic rings. The van der Waals surface area contributed by atoms with Crippen LogP contribution in [0.15, 0.2) is 47.4 Å². The van der Waals surface area contributed by atoms with Crippen molar-refractivity contribution in [3.05, 3.63) is 48.3 Å². The van der Waals surface area contributed by atoms with E-state index in [1.54, 1.807) is 31.2 Å². The van der Waals surface area contributed by atoms with Gasteiger partial charge >= 0.3 is 0 Å². The number of benzene rings is 2. The van der Waals surface area contributed by atoms with E-state index in [0.717, 1.165) is 31.9 Å². The molecule has 1 saturated heterocycles. The van der Waals surface area contributed by atoms with Crippen LogP contribution in [0.25, 0.3) is 11.0 Å². The third-order valence-corrected chi connectivity index (χ3v) is 6.74. The molecule has 8 heteroatoms. The summed E-state index contributed by atoms with van der Waals surface area (Å²) < 4.78 is 34.0. The number of hydrogen-bond donors (Lipinski definition) is 1. The Balaban J connectivity index is 1.89. The van der Waals surface area contributed by atoms with Crippen LogP contribution in [0.3, 0.4) is 0 Å². The second-order valence-electron chi connectivity index (χ2n) is 6.69. The first-order valence-electron chi connectivity index (χ1n) is 9.45. The zero-order chi connectivity index (χ0) is 19.7. The van der Waals surface area contributed by atoms with E-state index < -0.39 is 10.0 Å². The molecule has 0 atom stereocenters. The van der Waals surface area contributed by atoms with Gasteiger partial charge in [0.15, 0.2) is 0 Å². The smallest absolute Gasteiger partial charge is 0.273 e. The average molecular weight is 401 g/mol. The van der Waals surface area contributed by atoms with E-state index in [9.17, 15) is 8.42 Å². The molecule has 1 aromatic heterocycles. The first-order valence-corrected chi connectivity index (χ1v) is 10.9. The lowest BCUT2D eigenvalue weighted by Crippen LogP contribution is -2.43. The fourth-order valence-corrected chi connectivity index (χ4v) is 5.30. The second kappa shape index (κ2) is 7.44. The van der Waals surface area contributed by atoms with Gasteiger partial charge in [0.1, 0.15) is 22.0 Å². The van der Waals surface area contributed by atoms with E-state index >= 15 is 0 Å². The number of nitrogens with one attached hydrogen (secondary N) is 1. The van der Waals surface area contributed by atoms with E-state index in [1.807, 2.05) is 25.1 Å². The summed E-state index contributed by atoms with van der Waals surface area (Å²) in [5, 5.41) is 3.34. The summed E-state index contributed by atoms with van der Waals surface area (Å²) >= 11 is 0. The highest BCUT2D eigenvalue weighted by molar-refractivity contribution is 7.90. The number of ether oxygens (including phenoxy) is 1. The Morgan fingerprint density at radius 3 is 2.61 bits per heavy atom. The van der Waals surface area contributed by atoms with Gasteiger partial charge in [-0.1, -0.05) is 18.2 Å². The molecule has 2 aromatic carbocycles. The van der Waals surface area contributed by atoms with E-state index in [4.69, 9.17) is 4.74 Å². The number of para-hydroxylation sites is 2. The van der Waals surface area contributed by atoms with Crippen LogP contribution in [-0.2, 0) is 10.0 Å². The molecule has 0 bridgehead atoms. The molecular weight excluding hydrogens is 376 g/mol. The predicted octanol–water partition coefficient (Wildman–Crippen LogP) is 2.39. The molecule has 1 aliphatic heterocycles. The largest absolute Gasteiger partial charge is 0.492 e. The van der Waals surface area contributed by atoms with Gasteiger partial charge in [-0.3, -0.25) is 0 Å². The molecule has 0 aliphatic carbocycles. The van der Waals surface area contributed by atoms with Crippen LogP contribution in [0.2, 0.25) is 0 Å². The number of aryl methyl sites for hydroxylation is 1. The Bertz CT molecular complexity index is 1100. The van der Waals surface area contributed by atoms with Crippen molar-refractivity contribution in [3.63, 3.8) is 0 Å². The number of aromatic nitrogens is 2. The molecule has 7 nitrogen and oxygen atoms in total. The maximum absolute atomic E-state index is 13.5. The Kier molecular flexibility index (Phi) is 4.99. The molecule has 4 rings (SSSR count). The topological polar surface area (TPSA) is 76.5 Å². The van der Waals surface area contributed by atoms with Crippen molar-refractivity contribution in [2.45, 2.75) is 18.7 Å². The van der Waals surface area contributed by atoms with Gasteiger partial charge in [-0.25, -0.2) is 17.4 Å². The molecule has 1 fully saturated rings. The first-order chi connectivity index (χ1) is 13.5. The van der Waals surface area contributed by atoms with Crippen LogP contribution in [-0.4, -0.2) is 50.2 Å². The van der Waals surface area contributed by atoms with E-state index in [2.05, 4.69) is 15.2 Å². The standard InChI is InChI=1S/C20H24N4O3S/c1-3-27-18-9-4-5-10-19(18)28(25,26)24-15(2)22-20-16(7-6-8-17(20)24)23-13-11-21-12-14-23/h4-10,21H,3,11-14H2,1-2H3.